The number of aryl methyl sites for hydroxylation is 1. The molecule has 0 aliphatic rings. The summed E-state index contributed by atoms with van der Waals surface area (Å²) in [5.41, 5.74) is 14.0. The van der Waals surface area contributed by atoms with Crippen molar-refractivity contribution in [2.45, 2.75) is 13.5 Å². The summed E-state index contributed by atoms with van der Waals surface area (Å²) in [5, 5.41) is 0. The number of pyridine rings is 1. The van der Waals surface area contributed by atoms with Gasteiger partial charge in [-0.3, -0.25) is 4.98 Å². The van der Waals surface area contributed by atoms with E-state index >= 15 is 0 Å². The Morgan fingerprint density at radius 2 is 2.12 bits per heavy atom. The van der Waals surface area contributed by atoms with E-state index in [0.29, 0.717) is 18.2 Å². The lowest BCUT2D eigenvalue weighted by atomic mass is 10.1. The molecule has 2 aromatic rings. The van der Waals surface area contributed by atoms with Gasteiger partial charge in [0.1, 0.15) is 5.82 Å². The molecule has 0 atom stereocenters. The highest BCUT2D eigenvalue weighted by atomic mass is 14.9. The Labute approximate surface area is 93.6 Å². The molecule has 0 amide bonds. The number of hydrogen-bond acceptors (Lipinski definition) is 5. The van der Waals surface area contributed by atoms with E-state index in [1.807, 2.05) is 13.0 Å². The second-order valence-corrected chi connectivity index (χ2v) is 3.50. The Balaban J connectivity index is 2.50. The van der Waals surface area contributed by atoms with Crippen molar-refractivity contribution in [2.75, 3.05) is 5.73 Å². The highest BCUT2D eigenvalue weighted by Crippen LogP contribution is 2.19. The summed E-state index contributed by atoms with van der Waals surface area (Å²) >= 11 is 0. The summed E-state index contributed by atoms with van der Waals surface area (Å²) in [6.45, 7) is 2.32. The van der Waals surface area contributed by atoms with Crippen molar-refractivity contribution in [1.82, 2.24) is 15.0 Å². The van der Waals surface area contributed by atoms with Crippen LogP contribution in [0, 0.1) is 6.92 Å². The Bertz CT molecular complexity index is 509. The van der Waals surface area contributed by atoms with E-state index in [2.05, 4.69) is 15.0 Å². The van der Waals surface area contributed by atoms with Crippen LogP contribution in [0.15, 0.2) is 24.7 Å². The molecule has 2 heterocycles. The predicted molar refractivity (Wildman–Crippen MR) is 62.3 cm³/mol. The van der Waals surface area contributed by atoms with Crippen LogP contribution in [0.4, 0.5) is 5.82 Å². The summed E-state index contributed by atoms with van der Waals surface area (Å²) in [7, 11) is 0. The van der Waals surface area contributed by atoms with E-state index in [1.54, 1.807) is 18.6 Å². The van der Waals surface area contributed by atoms with Crippen LogP contribution >= 0.6 is 0 Å². The fourth-order valence-corrected chi connectivity index (χ4v) is 1.41. The van der Waals surface area contributed by atoms with E-state index < -0.39 is 0 Å². The maximum Gasteiger partial charge on any atom is 0.163 e. The van der Waals surface area contributed by atoms with Crippen molar-refractivity contribution in [3.8, 4) is 11.4 Å². The van der Waals surface area contributed by atoms with Crippen molar-refractivity contribution in [3.63, 3.8) is 0 Å². The molecule has 16 heavy (non-hydrogen) atoms. The number of nitrogens with two attached hydrogens (primary N) is 2. The monoisotopic (exact) mass is 215 g/mol. The molecule has 4 N–H and O–H groups in total. The van der Waals surface area contributed by atoms with Crippen LogP contribution in [-0.4, -0.2) is 15.0 Å². The Hall–Kier alpha value is -2.01. The van der Waals surface area contributed by atoms with Gasteiger partial charge in [0.15, 0.2) is 5.82 Å². The van der Waals surface area contributed by atoms with Crippen LogP contribution in [0.1, 0.15) is 11.1 Å². The third kappa shape index (κ3) is 1.85. The normalized spacial score (nSPS) is 10.4. The van der Waals surface area contributed by atoms with Crippen LogP contribution in [0.2, 0.25) is 0 Å². The Morgan fingerprint density at radius 1 is 1.31 bits per heavy atom. The van der Waals surface area contributed by atoms with Gasteiger partial charge in [-0.05, 0) is 18.6 Å². The van der Waals surface area contributed by atoms with E-state index in [1.165, 1.54) is 0 Å². The summed E-state index contributed by atoms with van der Waals surface area (Å²) in [5.74, 6) is 1.01. The SMILES string of the molecule is Cc1ccncc1-c1ncc(CN)c(N)n1. The predicted octanol–water partition coefficient (Wildman–Crippen LogP) is 0.888. The molecule has 0 bridgehead atoms. The summed E-state index contributed by atoms with van der Waals surface area (Å²) in [4.78, 5) is 12.5. The molecule has 0 saturated heterocycles. The fraction of sp³-hybridized carbons (Fsp3) is 0.182. The maximum atomic E-state index is 5.77. The Kier molecular flexibility index (Phi) is 2.78. The van der Waals surface area contributed by atoms with Crippen molar-refractivity contribution in [3.05, 3.63) is 35.8 Å². The number of rotatable bonds is 2. The van der Waals surface area contributed by atoms with Gasteiger partial charge < -0.3 is 11.5 Å². The maximum absolute atomic E-state index is 5.77. The second kappa shape index (κ2) is 4.24. The van der Waals surface area contributed by atoms with Crippen molar-refractivity contribution < 1.29 is 0 Å². The Morgan fingerprint density at radius 3 is 2.75 bits per heavy atom. The molecule has 0 spiro atoms. The minimum atomic E-state index is 0.345. The van der Waals surface area contributed by atoms with Gasteiger partial charge in [0, 0.05) is 36.3 Å². The first-order valence-electron chi connectivity index (χ1n) is 4.95. The molecule has 0 aromatic carbocycles. The molecule has 0 aliphatic heterocycles. The number of anilines is 1. The van der Waals surface area contributed by atoms with Gasteiger partial charge in [-0.15, -0.1) is 0 Å². The molecular weight excluding hydrogens is 202 g/mol. The zero-order valence-corrected chi connectivity index (χ0v) is 9.01. The molecule has 0 saturated carbocycles. The summed E-state index contributed by atoms with van der Waals surface area (Å²) < 4.78 is 0. The van der Waals surface area contributed by atoms with Crippen LogP contribution in [0.5, 0.6) is 0 Å². The summed E-state index contributed by atoms with van der Waals surface area (Å²) in [6, 6.07) is 1.91. The molecule has 82 valence electrons. The zero-order chi connectivity index (χ0) is 11.5. The zero-order valence-electron chi connectivity index (χ0n) is 9.01. The van der Waals surface area contributed by atoms with Gasteiger partial charge in [-0.25, -0.2) is 9.97 Å². The average Bonchev–Trinajstić information content (AvgIpc) is 2.29. The van der Waals surface area contributed by atoms with Gasteiger partial charge in [0.05, 0.1) is 0 Å². The first-order valence-corrected chi connectivity index (χ1v) is 4.95. The molecule has 2 aromatic heterocycles. The standard InChI is InChI=1S/C11H13N5/c1-7-2-3-14-6-9(7)11-15-5-8(4-12)10(13)16-11/h2-3,5-6H,4,12H2,1H3,(H2,13,15,16). The highest BCUT2D eigenvalue weighted by Gasteiger charge is 2.07. The van der Waals surface area contributed by atoms with Crippen LogP contribution in [0.3, 0.4) is 0 Å². The smallest absolute Gasteiger partial charge is 0.163 e. The minimum absolute atomic E-state index is 0.345. The van der Waals surface area contributed by atoms with Crippen LogP contribution in [-0.2, 0) is 6.54 Å². The molecule has 0 radical (unpaired) electrons. The molecule has 0 fully saturated rings. The summed E-state index contributed by atoms with van der Waals surface area (Å²) in [6.07, 6.45) is 5.12. The van der Waals surface area contributed by atoms with E-state index in [0.717, 1.165) is 16.7 Å². The number of hydrogen-bond donors (Lipinski definition) is 2. The third-order valence-corrected chi connectivity index (χ3v) is 2.40. The molecule has 5 nitrogen and oxygen atoms in total. The lowest BCUT2D eigenvalue weighted by molar-refractivity contribution is 1.02. The van der Waals surface area contributed by atoms with Crippen LogP contribution < -0.4 is 11.5 Å². The molecular formula is C11H13N5. The molecule has 0 unspecified atom stereocenters. The quantitative estimate of drug-likeness (QED) is 0.776. The minimum Gasteiger partial charge on any atom is -0.383 e. The first-order chi connectivity index (χ1) is 7.72. The lowest BCUT2D eigenvalue weighted by Crippen LogP contribution is -2.06. The lowest BCUT2D eigenvalue weighted by Gasteiger charge is -2.06. The fourth-order valence-electron chi connectivity index (χ4n) is 1.41. The molecule has 5 heteroatoms. The van der Waals surface area contributed by atoms with Crippen molar-refractivity contribution >= 4 is 5.82 Å². The number of nitrogen functional groups attached to an aromatic ring is 1. The van der Waals surface area contributed by atoms with Gasteiger partial charge in [-0.2, -0.15) is 0 Å². The molecule has 0 aliphatic carbocycles. The average molecular weight is 215 g/mol. The number of nitrogens with zero attached hydrogens (tertiary/aromatic N) is 3. The highest BCUT2D eigenvalue weighted by molar-refractivity contribution is 5.60. The molecule has 2 rings (SSSR count). The van der Waals surface area contributed by atoms with E-state index in [9.17, 15) is 0 Å². The van der Waals surface area contributed by atoms with E-state index in [-0.39, 0.29) is 0 Å². The largest absolute Gasteiger partial charge is 0.383 e. The van der Waals surface area contributed by atoms with E-state index in [4.69, 9.17) is 11.5 Å². The van der Waals surface area contributed by atoms with Gasteiger partial charge >= 0.3 is 0 Å². The van der Waals surface area contributed by atoms with Gasteiger partial charge in [0.25, 0.3) is 0 Å². The first kappa shape index (κ1) is 10.5. The topological polar surface area (TPSA) is 90.7 Å². The van der Waals surface area contributed by atoms with Gasteiger partial charge in [0.2, 0.25) is 0 Å². The number of aromatic nitrogens is 3. The van der Waals surface area contributed by atoms with Crippen molar-refractivity contribution in [1.29, 1.82) is 0 Å². The van der Waals surface area contributed by atoms with Gasteiger partial charge in [-0.1, -0.05) is 0 Å². The van der Waals surface area contributed by atoms with Crippen molar-refractivity contribution in [2.24, 2.45) is 5.73 Å². The van der Waals surface area contributed by atoms with Crippen LogP contribution in [0.25, 0.3) is 11.4 Å². The second-order valence-electron chi connectivity index (χ2n) is 3.50. The third-order valence-electron chi connectivity index (χ3n) is 2.40.